The van der Waals surface area contributed by atoms with Crippen LogP contribution in [-0.4, -0.2) is 32.2 Å². The zero-order chi connectivity index (χ0) is 14.2. The average Bonchev–Trinajstić information content (AvgIpc) is 2.98. The molecule has 20 heavy (non-hydrogen) atoms. The van der Waals surface area contributed by atoms with Gasteiger partial charge < -0.3 is 15.8 Å². The number of carbonyl (C=O) groups excluding carboxylic acids is 1. The Bertz CT molecular complexity index is 511. The van der Waals surface area contributed by atoms with Crippen LogP contribution >= 0.6 is 0 Å². The number of rotatable bonds is 4. The summed E-state index contributed by atoms with van der Waals surface area (Å²) in [4.78, 5) is 12.0. The summed E-state index contributed by atoms with van der Waals surface area (Å²) in [6.45, 7) is 2.67. The summed E-state index contributed by atoms with van der Waals surface area (Å²) in [5.41, 5.74) is 6.78. The van der Waals surface area contributed by atoms with Gasteiger partial charge in [-0.2, -0.15) is 0 Å². The number of nitrogens with one attached hydrogen (secondary N) is 1. The van der Waals surface area contributed by atoms with Crippen LogP contribution in [0.4, 0.5) is 0 Å². The minimum absolute atomic E-state index is 0.0553. The Labute approximate surface area is 119 Å². The van der Waals surface area contributed by atoms with E-state index in [9.17, 15) is 4.79 Å². The Balaban J connectivity index is 1.85. The van der Waals surface area contributed by atoms with Gasteiger partial charge in [-0.25, -0.2) is 0 Å². The van der Waals surface area contributed by atoms with Gasteiger partial charge in [-0.15, -0.1) is 0 Å². The maximum Gasteiger partial charge on any atom is 0.251 e. The lowest BCUT2D eigenvalue weighted by Crippen LogP contribution is -2.26. The van der Waals surface area contributed by atoms with Crippen molar-refractivity contribution in [2.24, 2.45) is 11.7 Å². The van der Waals surface area contributed by atoms with E-state index in [1.165, 1.54) is 0 Å². The second kappa shape index (κ2) is 7.68. The van der Waals surface area contributed by atoms with Crippen molar-refractivity contribution in [1.29, 1.82) is 0 Å². The van der Waals surface area contributed by atoms with E-state index in [1.54, 1.807) is 12.1 Å². The van der Waals surface area contributed by atoms with Gasteiger partial charge in [-0.3, -0.25) is 4.79 Å². The summed E-state index contributed by atoms with van der Waals surface area (Å²) in [7, 11) is 0. The number of amides is 1. The van der Waals surface area contributed by atoms with Crippen LogP contribution in [0.3, 0.4) is 0 Å². The largest absolute Gasteiger partial charge is 0.381 e. The summed E-state index contributed by atoms with van der Waals surface area (Å²) < 4.78 is 5.31. The average molecular weight is 272 g/mol. The lowest BCUT2D eigenvalue weighted by molar-refractivity contribution is 0.0950. The number of benzene rings is 1. The minimum atomic E-state index is -0.0553. The standard InChI is InChI=1S/C16H20N2O2/c17-8-2-4-13-3-1-5-15(11-13)16(19)18-9-6-14-7-10-20-12-14/h1,3,5,11,14H,6-10,12,17H2,(H,18,19). The molecule has 0 bridgehead atoms. The molecule has 2 rings (SSSR count). The number of hydrogen-bond acceptors (Lipinski definition) is 3. The molecule has 4 heteroatoms. The second-order valence-corrected chi connectivity index (χ2v) is 4.86. The van der Waals surface area contributed by atoms with Crippen molar-refractivity contribution in [2.75, 3.05) is 26.3 Å². The molecule has 3 N–H and O–H groups in total. The molecule has 1 aliphatic rings. The topological polar surface area (TPSA) is 64.4 Å². The van der Waals surface area contributed by atoms with Crippen LogP contribution in [0.1, 0.15) is 28.8 Å². The first-order valence-electron chi connectivity index (χ1n) is 6.94. The molecule has 1 fully saturated rings. The second-order valence-electron chi connectivity index (χ2n) is 4.86. The van der Waals surface area contributed by atoms with Crippen LogP contribution < -0.4 is 11.1 Å². The fourth-order valence-corrected chi connectivity index (χ4v) is 2.19. The molecule has 1 atom stereocenters. The van der Waals surface area contributed by atoms with Crippen molar-refractivity contribution in [1.82, 2.24) is 5.32 Å². The normalized spacial score (nSPS) is 17.4. The van der Waals surface area contributed by atoms with Gasteiger partial charge >= 0.3 is 0 Å². The van der Waals surface area contributed by atoms with Gasteiger partial charge in [0.1, 0.15) is 0 Å². The van der Waals surface area contributed by atoms with Crippen LogP contribution in [0, 0.1) is 17.8 Å². The molecule has 0 aliphatic carbocycles. The molecule has 1 aromatic rings. The zero-order valence-electron chi connectivity index (χ0n) is 11.5. The molecule has 1 heterocycles. The number of ether oxygens (including phenoxy) is 1. The fourth-order valence-electron chi connectivity index (χ4n) is 2.19. The number of carbonyl (C=O) groups is 1. The van der Waals surface area contributed by atoms with E-state index in [2.05, 4.69) is 17.2 Å². The van der Waals surface area contributed by atoms with Gasteiger partial charge in [-0.1, -0.05) is 17.9 Å². The molecular formula is C16H20N2O2. The molecule has 0 aromatic heterocycles. The van der Waals surface area contributed by atoms with Gasteiger partial charge in [0.25, 0.3) is 5.91 Å². The van der Waals surface area contributed by atoms with Crippen LogP contribution in [-0.2, 0) is 4.74 Å². The highest BCUT2D eigenvalue weighted by atomic mass is 16.5. The Morgan fingerprint density at radius 3 is 3.15 bits per heavy atom. The summed E-state index contributed by atoms with van der Waals surface area (Å²) in [6, 6.07) is 7.29. The van der Waals surface area contributed by atoms with Gasteiger partial charge in [0.05, 0.1) is 6.54 Å². The molecular weight excluding hydrogens is 252 g/mol. The third-order valence-electron chi connectivity index (χ3n) is 3.32. The SMILES string of the molecule is NCC#Cc1cccc(C(=O)NCCC2CCOC2)c1. The smallest absolute Gasteiger partial charge is 0.251 e. The summed E-state index contributed by atoms with van der Waals surface area (Å²) in [6.07, 6.45) is 2.07. The van der Waals surface area contributed by atoms with Crippen molar-refractivity contribution < 1.29 is 9.53 Å². The highest BCUT2D eigenvalue weighted by Crippen LogP contribution is 2.15. The predicted octanol–water partition coefficient (Wildman–Crippen LogP) is 1.15. The van der Waals surface area contributed by atoms with E-state index < -0.39 is 0 Å². The molecule has 106 valence electrons. The molecule has 1 amide bonds. The van der Waals surface area contributed by atoms with E-state index in [0.29, 0.717) is 24.6 Å². The molecule has 0 radical (unpaired) electrons. The maximum atomic E-state index is 12.0. The molecule has 1 unspecified atom stereocenters. The lowest BCUT2D eigenvalue weighted by Gasteiger charge is -2.09. The van der Waals surface area contributed by atoms with Crippen molar-refractivity contribution in [3.63, 3.8) is 0 Å². The van der Waals surface area contributed by atoms with E-state index in [0.717, 1.165) is 31.6 Å². The zero-order valence-corrected chi connectivity index (χ0v) is 11.5. The van der Waals surface area contributed by atoms with Crippen LogP contribution in [0.5, 0.6) is 0 Å². The fraction of sp³-hybridized carbons (Fsp3) is 0.438. The van der Waals surface area contributed by atoms with Gasteiger partial charge in [0, 0.05) is 30.9 Å². The van der Waals surface area contributed by atoms with Crippen molar-refractivity contribution in [3.8, 4) is 11.8 Å². The summed E-state index contributed by atoms with van der Waals surface area (Å²) in [5, 5.41) is 2.94. The minimum Gasteiger partial charge on any atom is -0.381 e. The van der Waals surface area contributed by atoms with Gasteiger partial charge in [0.15, 0.2) is 0 Å². The van der Waals surface area contributed by atoms with E-state index in [-0.39, 0.29) is 5.91 Å². The third kappa shape index (κ3) is 4.37. The molecule has 0 spiro atoms. The van der Waals surface area contributed by atoms with Crippen molar-refractivity contribution in [3.05, 3.63) is 35.4 Å². The van der Waals surface area contributed by atoms with E-state index in [1.807, 2.05) is 12.1 Å². The van der Waals surface area contributed by atoms with E-state index >= 15 is 0 Å². The van der Waals surface area contributed by atoms with Crippen LogP contribution in [0.2, 0.25) is 0 Å². The molecule has 1 aliphatic heterocycles. The number of nitrogens with two attached hydrogens (primary N) is 1. The molecule has 1 saturated heterocycles. The molecule has 4 nitrogen and oxygen atoms in total. The lowest BCUT2D eigenvalue weighted by atomic mass is 10.1. The van der Waals surface area contributed by atoms with Crippen LogP contribution in [0.25, 0.3) is 0 Å². The first kappa shape index (κ1) is 14.6. The first-order chi connectivity index (χ1) is 9.79. The predicted molar refractivity (Wildman–Crippen MR) is 78.3 cm³/mol. The summed E-state index contributed by atoms with van der Waals surface area (Å²) >= 11 is 0. The Morgan fingerprint density at radius 1 is 1.50 bits per heavy atom. The first-order valence-corrected chi connectivity index (χ1v) is 6.94. The quantitative estimate of drug-likeness (QED) is 0.808. The van der Waals surface area contributed by atoms with Gasteiger partial charge in [0.2, 0.25) is 0 Å². The van der Waals surface area contributed by atoms with Crippen LogP contribution in [0.15, 0.2) is 24.3 Å². The maximum absolute atomic E-state index is 12.0. The Kier molecular flexibility index (Phi) is 5.60. The number of hydrogen-bond donors (Lipinski definition) is 2. The van der Waals surface area contributed by atoms with E-state index in [4.69, 9.17) is 10.5 Å². The van der Waals surface area contributed by atoms with Crippen molar-refractivity contribution >= 4 is 5.91 Å². The van der Waals surface area contributed by atoms with Gasteiger partial charge in [-0.05, 0) is 37.0 Å². The highest BCUT2D eigenvalue weighted by Gasteiger charge is 2.15. The van der Waals surface area contributed by atoms with Crippen molar-refractivity contribution in [2.45, 2.75) is 12.8 Å². The molecule has 0 saturated carbocycles. The summed E-state index contributed by atoms with van der Waals surface area (Å²) in [5.74, 6) is 6.24. The third-order valence-corrected chi connectivity index (χ3v) is 3.32. The monoisotopic (exact) mass is 272 g/mol. The Morgan fingerprint density at radius 2 is 2.40 bits per heavy atom. The highest BCUT2D eigenvalue weighted by molar-refractivity contribution is 5.94. The Hall–Kier alpha value is -1.83. The molecule has 1 aromatic carbocycles.